The van der Waals surface area contributed by atoms with E-state index in [2.05, 4.69) is 57.4 Å². The van der Waals surface area contributed by atoms with Crippen molar-refractivity contribution in [1.29, 1.82) is 0 Å². The molecule has 3 aromatic carbocycles. The van der Waals surface area contributed by atoms with E-state index in [0.717, 1.165) is 62.0 Å². The van der Waals surface area contributed by atoms with Gasteiger partial charge in [0, 0.05) is 44.8 Å². The van der Waals surface area contributed by atoms with Crippen LogP contribution in [-0.2, 0) is 11.4 Å². The van der Waals surface area contributed by atoms with E-state index in [1.165, 1.54) is 16.3 Å². The number of benzene rings is 3. The molecule has 0 N–H and O–H groups in total. The van der Waals surface area contributed by atoms with Crippen molar-refractivity contribution in [3.05, 3.63) is 71.8 Å². The van der Waals surface area contributed by atoms with Gasteiger partial charge in [0.25, 0.3) is 0 Å². The summed E-state index contributed by atoms with van der Waals surface area (Å²) in [5.41, 5.74) is 3.37. The Hall–Kier alpha value is -3.09. The van der Waals surface area contributed by atoms with Gasteiger partial charge in [0.2, 0.25) is 0 Å². The zero-order valence-electron chi connectivity index (χ0n) is 18.9. The first-order valence-corrected chi connectivity index (χ1v) is 11.7. The number of oxime groups is 1. The summed E-state index contributed by atoms with van der Waals surface area (Å²) in [6, 6.07) is 21.3. The van der Waals surface area contributed by atoms with Crippen molar-refractivity contribution in [2.45, 2.75) is 12.6 Å². The Bertz CT molecular complexity index is 1190. The Morgan fingerprint density at radius 1 is 0.939 bits per heavy atom. The summed E-state index contributed by atoms with van der Waals surface area (Å²) in [4.78, 5) is 11.0. The molecule has 1 saturated heterocycles. The summed E-state index contributed by atoms with van der Waals surface area (Å²) in [5.74, 6) is 1.84. The molecule has 0 spiro atoms. The normalized spacial score (nSPS) is 22.8. The van der Waals surface area contributed by atoms with Crippen LogP contribution in [0.4, 0.5) is 0 Å². The maximum atomic E-state index is 6.03. The lowest BCUT2D eigenvalue weighted by Crippen LogP contribution is -2.50. The van der Waals surface area contributed by atoms with Crippen LogP contribution in [-0.4, -0.2) is 68.1 Å². The van der Waals surface area contributed by atoms with Gasteiger partial charge in [0.1, 0.15) is 23.8 Å². The Balaban J connectivity index is 1.05. The summed E-state index contributed by atoms with van der Waals surface area (Å²) >= 11 is 0. The van der Waals surface area contributed by atoms with Crippen LogP contribution in [0.25, 0.3) is 10.8 Å². The molecule has 0 unspecified atom stereocenters. The van der Waals surface area contributed by atoms with Crippen LogP contribution in [0, 0.1) is 5.92 Å². The van der Waals surface area contributed by atoms with Crippen molar-refractivity contribution in [3.63, 3.8) is 0 Å². The van der Waals surface area contributed by atoms with E-state index in [1.807, 2.05) is 18.2 Å². The first-order valence-electron chi connectivity index (χ1n) is 11.7. The van der Waals surface area contributed by atoms with Crippen molar-refractivity contribution < 1.29 is 14.3 Å². The number of ether oxygens (including phenoxy) is 2. The number of nitrogens with zero attached hydrogens (tertiary/aromatic N) is 3. The van der Waals surface area contributed by atoms with Gasteiger partial charge in [-0.15, -0.1) is 0 Å². The van der Waals surface area contributed by atoms with Crippen LogP contribution in [0.15, 0.2) is 65.8 Å². The van der Waals surface area contributed by atoms with E-state index < -0.39 is 0 Å². The molecule has 1 fully saturated rings. The molecular formula is C27H29N3O3. The molecule has 6 heteroatoms. The average Bonchev–Trinajstić information content (AvgIpc) is 3.28. The van der Waals surface area contributed by atoms with Crippen LogP contribution in [0.3, 0.4) is 0 Å². The average molecular weight is 444 g/mol. The first kappa shape index (κ1) is 20.5. The molecule has 0 bridgehead atoms. The second kappa shape index (κ2) is 8.69. The highest BCUT2D eigenvalue weighted by Crippen LogP contribution is 2.36. The summed E-state index contributed by atoms with van der Waals surface area (Å²) < 4.78 is 11.4. The van der Waals surface area contributed by atoms with Gasteiger partial charge in [-0.2, -0.15) is 0 Å². The van der Waals surface area contributed by atoms with Gasteiger partial charge in [-0.25, -0.2) is 0 Å². The van der Waals surface area contributed by atoms with Gasteiger partial charge < -0.3 is 14.3 Å². The number of piperazine rings is 1. The maximum absolute atomic E-state index is 6.03. The zero-order chi connectivity index (χ0) is 22.2. The minimum Gasteiger partial charge on any atom is -0.497 e. The molecule has 3 heterocycles. The molecule has 0 saturated carbocycles. The van der Waals surface area contributed by atoms with Gasteiger partial charge in [0.15, 0.2) is 6.10 Å². The molecule has 3 aliphatic heterocycles. The van der Waals surface area contributed by atoms with Crippen LogP contribution in [0.2, 0.25) is 0 Å². The molecule has 3 aliphatic rings. The summed E-state index contributed by atoms with van der Waals surface area (Å²) in [5, 5.41) is 7.08. The van der Waals surface area contributed by atoms with Gasteiger partial charge >= 0.3 is 0 Å². The fraction of sp³-hybridized carbons (Fsp3) is 0.370. The number of fused-ring (bicyclic) bond motifs is 4. The smallest absolute Gasteiger partial charge is 0.151 e. The van der Waals surface area contributed by atoms with Gasteiger partial charge in [-0.3, -0.25) is 9.80 Å². The number of methoxy groups -OCH3 is 1. The summed E-state index contributed by atoms with van der Waals surface area (Å²) in [6.45, 7) is 6.71. The lowest BCUT2D eigenvalue weighted by atomic mass is 9.90. The topological polar surface area (TPSA) is 46.5 Å². The number of hydrogen-bond donors (Lipinski definition) is 0. The van der Waals surface area contributed by atoms with E-state index in [9.17, 15) is 0 Å². The number of hydrogen-bond acceptors (Lipinski definition) is 6. The predicted octanol–water partition coefficient (Wildman–Crippen LogP) is 3.78. The Labute approximate surface area is 194 Å². The van der Waals surface area contributed by atoms with E-state index in [0.29, 0.717) is 6.61 Å². The monoisotopic (exact) mass is 443 g/mol. The molecule has 0 amide bonds. The highest BCUT2D eigenvalue weighted by atomic mass is 16.6. The number of rotatable bonds is 5. The highest BCUT2D eigenvalue weighted by Gasteiger charge is 2.41. The summed E-state index contributed by atoms with van der Waals surface area (Å²) in [6.07, 6.45) is 0.0337. The Morgan fingerprint density at radius 3 is 2.61 bits per heavy atom. The molecular weight excluding hydrogens is 414 g/mol. The third-order valence-corrected chi connectivity index (χ3v) is 7.09. The second-order valence-corrected chi connectivity index (χ2v) is 9.16. The van der Waals surface area contributed by atoms with Crippen LogP contribution < -0.4 is 9.47 Å². The lowest BCUT2D eigenvalue weighted by molar-refractivity contribution is 0.00850. The molecule has 0 aromatic heterocycles. The van der Waals surface area contributed by atoms with Crippen molar-refractivity contribution in [3.8, 4) is 11.5 Å². The van der Waals surface area contributed by atoms with Gasteiger partial charge in [-0.1, -0.05) is 41.6 Å². The first-order chi connectivity index (χ1) is 16.3. The quantitative estimate of drug-likeness (QED) is 0.601. The van der Waals surface area contributed by atoms with Crippen molar-refractivity contribution in [2.24, 2.45) is 11.1 Å². The van der Waals surface area contributed by atoms with Gasteiger partial charge in [0.05, 0.1) is 13.0 Å². The molecule has 0 radical (unpaired) electrons. The molecule has 0 aliphatic carbocycles. The fourth-order valence-corrected chi connectivity index (χ4v) is 5.16. The highest BCUT2D eigenvalue weighted by molar-refractivity contribution is 6.06. The molecule has 6 rings (SSSR count). The largest absolute Gasteiger partial charge is 0.497 e. The molecule has 2 atom stereocenters. The molecule has 3 aromatic rings. The van der Waals surface area contributed by atoms with Gasteiger partial charge in [-0.05, 0) is 40.6 Å². The van der Waals surface area contributed by atoms with E-state index in [-0.39, 0.29) is 12.0 Å². The zero-order valence-corrected chi connectivity index (χ0v) is 18.9. The van der Waals surface area contributed by atoms with Crippen molar-refractivity contribution in [2.75, 3.05) is 46.4 Å². The van der Waals surface area contributed by atoms with Crippen molar-refractivity contribution >= 4 is 16.5 Å². The predicted molar refractivity (Wildman–Crippen MR) is 129 cm³/mol. The minimum absolute atomic E-state index is 0.0337. The molecule has 170 valence electrons. The Morgan fingerprint density at radius 2 is 1.76 bits per heavy atom. The SMILES string of the molecule is COc1ccc2c(c1)C1=NO[C@H](CN3CCN(Cc4ccc5ccccc5c4)CC3)[C@H]1CO2. The lowest BCUT2D eigenvalue weighted by Gasteiger charge is -2.36. The van der Waals surface area contributed by atoms with Crippen molar-refractivity contribution in [1.82, 2.24) is 9.80 Å². The molecule has 33 heavy (non-hydrogen) atoms. The maximum Gasteiger partial charge on any atom is 0.151 e. The fourth-order valence-electron chi connectivity index (χ4n) is 5.16. The third kappa shape index (κ3) is 4.05. The van der Waals surface area contributed by atoms with Crippen LogP contribution >= 0.6 is 0 Å². The van der Waals surface area contributed by atoms with E-state index >= 15 is 0 Å². The minimum atomic E-state index is 0.0337. The second-order valence-electron chi connectivity index (χ2n) is 9.16. The van der Waals surface area contributed by atoms with Crippen LogP contribution in [0.5, 0.6) is 11.5 Å². The van der Waals surface area contributed by atoms with Crippen LogP contribution in [0.1, 0.15) is 11.1 Å². The third-order valence-electron chi connectivity index (χ3n) is 7.09. The van der Waals surface area contributed by atoms with E-state index in [4.69, 9.17) is 14.3 Å². The standard InChI is InChI=1S/C27H29N3O3/c1-31-22-8-9-25-23(15-22)27-24(18-32-25)26(33-28-27)17-30-12-10-29(11-13-30)16-19-6-7-20-4-2-3-5-21(20)14-19/h2-9,14-15,24,26H,10-13,16-18H2,1H3/t24-,26-/m1/s1. The summed E-state index contributed by atoms with van der Waals surface area (Å²) in [7, 11) is 1.68. The molecule has 6 nitrogen and oxygen atoms in total. The Kier molecular flexibility index (Phi) is 5.40. The van der Waals surface area contributed by atoms with E-state index in [1.54, 1.807) is 7.11 Å².